The maximum absolute atomic E-state index is 12.5. The average Bonchev–Trinajstić information content (AvgIpc) is 2.91. The lowest BCUT2D eigenvalue weighted by molar-refractivity contribution is 0.100. The van der Waals surface area contributed by atoms with Crippen molar-refractivity contribution in [2.45, 2.75) is 13.3 Å². The first-order valence-corrected chi connectivity index (χ1v) is 9.59. The van der Waals surface area contributed by atoms with E-state index in [4.69, 9.17) is 5.73 Å². The largest absolute Gasteiger partial charge is 0.365 e. The molecule has 0 fully saturated rings. The van der Waals surface area contributed by atoms with Crippen LogP contribution in [0.25, 0.3) is 0 Å². The maximum Gasteiger partial charge on any atom is 0.256 e. The van der Waals surface area contributed by atoms with Gasteiger partial charge in [-0.2, -0.15) is 0 Å². The molecule has 132 valence electrons. The Bertz CT molecular complexity index is 950. The second-order valence-corrected chi connectivity index (χ2v) is 7.86. The number of thiophene rings is 1. The van der Waals surface area contributed by atoms with Crippen molar-refractivity contribution in [2.24, 2.45) is 5.73 Å². The van der Waals surface area contributed by atoms with E-state index in [2.05, 4.69) is 21.2 Å². The number of rotatable bonds is 5. The average molecular weight is 429 g/mol. The number of amides is 2. The standard InChI is InChI=1S/C20H17BrN2O2S/c1-12-16(11-13-5-3-2-4-6-13)26-20(17(12)18(22)24)23-19(25)14-7-9-15(21)10-8-14/h2-10H,11H2,1H3,(H2,22,24)(H,23,25). The molecule has 0 aliphatic heterocycles. The molecule has 3 N–H and O–H groups in total. The zero-order chi connectivity index (χ0) is 18.7. The molecule has 2 aromatic carbocycles. The lowest BCUT2D eigenvalue weighted by Gasteiger charge is -2.05. The number of hydrogen-bond donors (Lipinski definition) is 2. The lowest BCUT2D eigenvalue weighted by Crippen LogP contribution is -2.17. The van der Waals surface area contributed by atoms with E-state index >= 15 is 0 Å². The Labute approximate surface area is 164 Å². The van der Waals surface area contributed by atoms with Crippen LogP contribution < -0.4 is 11.1 Å². The summed E-state index contributed by atoms with van der Waals surface area (Å²) in [5.74, 6) is -0.809. The molecule has 2 amide bonds. The van der Waals surface area contributed by atoms with Gasteiger partial charge in [0.2, 0.25) is 0 Å². The Morgan fingerprint density at radius 2 is 1.73 bits per heavy atom. The number of hydrogen-bond acceptors (Lipinski definition) is 3. The summed E-state index contributed by atoms with van der Waals surface area (Å²) < 4.78 is 0.893. The fourth-order valence-corrected chi connectivity index (χ4v) is 4.18. The molecular formula is C20H17BrN2O2S. The number of anilines is 1. The summed E-state index contributed by atoms with van der Waals surface area (Å²) in [6, 6.07) is 17.0. The monoisotopic (exact) mass is 428 g/mol. The fraction of sp³-hybridized carbons (Fsp3) is 0.100. The lowest BCUT2D eigenvalue weighted by atomic mass is 10.1. The van der Waals surface area contributed by atoms with Gasteiger partial charge >= 0.3 is 0 Å². The fourth-order valence-electron chi connectivity index (χ4n) is 2.67. The maximum atomic E-state index is 12.5. The molecule has 1 aromatic heterocycles. The summed E-state index contributed by atoms with van der Waals surface area (Å²) in [5, 5.41) is 3.33. The Balaban J connectivity index is 1.90. The van der Waals surface area contributed by atoms with Gasteiger partial charge in [-0.3, -0.25) is 9.59 Å². The molecule has 1 heterocycles. The minimum Gasteiger partial charge on any atom is -0.365 e. The molecule has 0 saturated heterocycles. The molecule has 0 atom stereocenters. The molecule has 3 rings (SSSR count). The van der Waals surface area contributed by atoms with Gasteiger partial charge in [-0.25, -0.2) is 0 Å². The van der Waals surface area contributed by atoms with E-state index in [1.807, 2.05) is 37.3 Å². The highest BCUT2D eigenvalue weighted by molar-refractivity contribution is 9.10. The third-order valence-electron chi connectivity index (χ3n) is 4.03. The first-order chi connectivity index (χ1) is 12.5. The van der Waals surface area contributed by atoms with Gasteiger partial charge < -0.3 is 11.1 Å². The summed E-state index contributed by atoms with van der Waals surface area (Å²) in [6.07, 6.45) is 0.686. The van der Waals surface area contributed by atoms with Crippen LogP contribution in [0.1, 0.15) is 36.7 Å². The quantitative estimate of drug-likeness (QED) is 0.614. The number of benzene rings is 2. The number of carbonyl (C=O) groups is 2. The summed E-state index contributed by atoms with van der Waals surface area (Å²) in [4.78, 5) is 25.5. The first kappa shape index (κ1) is 18.4. The Morgan fingerprint density at radius 3 is 2.35 bits per heavy atom. The summed E-state index contributed by atoms with van der Waals surface area (Å²) >= 11 is 4.74. The zero-order valence-electron chi connectivity index (χ0n) is 14.1. The van der Waals surface area contributed by atoms with Gasteiger partial charge in [-0.1, -0.05) is 46.3 Å². The van der Waals surface area contributed by atoms with Crippen LogP contribution in [0, 0.1) is 6.92 Å². The topological polar surface area (TPSA) is 72.2 Å². The van der Waals surface area contributed by atoms with Gasteiger partial charge in [0.05, 0.1) is 5.56 Å². The smallest absolute Gasteiger partial charge is 0.256 e. The second kappa shape index (κ2) is 7.85. The Kier molecular flexibility index (Phi) is 5.54. The summed E-state index contributed by atoms with van der Waals surface area (Å²) in [5.41, 5.74) is 8.42. The van der Waals surface area contributed by atoms with Crippen molar-refractivity contribution in [3.8, 4) is 0 Å². The van der Waals surface area contributed by atoms with Crippen molar-refractivity contribution in [3.05, 3.63) is 86.2 Å². The molecule has 0 unspecified atom stereocenters. The van der Waals surface area contributed by atoms with Crippen LogP contribution in [0.3, 0.4) is 0 Å². The van der Waals surface area contributed by atoms with E-state index in [0.29, 0.717) is 22.5 Å². The minimum atomic E-state index is -0.538. The number of halogens is 1. The van der Waals surface area contributed by atoms with Crippen LogP contribution >= 0.6 is 27.3 Å². The predicted molar refractivity (Wildman–Crippen MR) is 109 cm³/mol. The number of nitrogens with one attached hydrogen (secondary N) is 1. The van der Waals surface area contributed by atoms with Gasteiger partial charge in [-0.05, 0) is 42.3 Å². The van der Waals surface area contributed by atoms with Crippen LogP contribution in [0.5, 0.6) is 0 Å². The van der Waals surface area contributed by atoms with Gasteiger partial charge in [-0.15, -0.1) is 11.3 Å². The molecule has 0 aliphatic rings. The highest BCUT2D eigenvalue weighted by atomic mass is 79.9. The van der Waals surface area contributed by atoms with Gasteiger partial charge in [0, 0.05) is 21.3 Å². The first-order valence-electron chi connectivity index (χ1n) is 7.98. The molecule has 26 heavy (non-hydrogen) atoms. The second-order valence-electron chi connectivity index (χ2n) is 5.84. The molecule has 0 radical (unpaired) electrons. The Morgan fingerprint density at radius 1 is 1.08 bits per heavy atom. The Hall–Kier alpha value is -2.44. The van der Waals surface area contributed by atoms with E-state index in [-0.39, 0.29) is 5.91 Å². The summed E-state index contributed by atoms with van der Waals surface area (Å²) in [7, 11) is 0. The predicted octanol–water partition coefficient (Wildman–Crippen LogP) is 4.76. The number of carbonyl (C=O) groups excluding carboxylic acids is 2. The van der Waals surface area contributed by atoms with Crippen molar-refractivity contribution in [1.29, 1.82) is 0 Å². The highest BCUT2D eigenvalue weighted by Crippen LogP contribution is 2.34. The number of nitrogens with two attached hydrogens (primary N) is 1. The number of primary amides is 1. The highest BCUT2D eigenvalue weighted by Gasteiger charge is 2.21. The van der Waals surface area contributed by atoms with Crippen LogP contribution in [0.15, 0.2) is 59.1 Å². The SMILES string of the molecule is Cc1c(Cc2ccccc2)sc(NC(=O)c2ccc(Br)cc2)c1C(N)=O. The molecule has 0 saturated carbocycles. The van der Waals surface area contributed by atoms with Crippen molar-refractivity contribution in [1.82, 2.24) is 0 Å². The minimum absolute atomic E-state index is 0.271. The van der Waals surface area contributed by atoms with Gasteiger partial charge in [0.15, 0.2) is 0 Å². The van der Waals surface area contributed by atoms with Crippen LogP contribution in [-0.4, -0.2) is 11.8 Å². The third kappa shape index (κ3) is 4.03. The molecule has 3 aromatic rings. The van der Waals surface area contributed by atoms with Gasteiger partial charge in [0.1, 0.15) is 5.00 Å². The van der Waals surface area contributed by atoms with E-state index in [9.17, 15) is 9.59 Å². The van der Waals surface area contributed by atoms with Crippen LogP contribution in [0.2, 0.25) is 0 Å². The van der Waals surface area contributed by atoms with Crippen LogP contribution in [0.4, 0.5) is 5.00 Å². The van der Waals surface area contributed by atoms with E-state index < -0.39 is 5.91 Å². The third-order valence-corrected chi connectivity index (χ3v) is 5.77. The van der Waals surface area contributed by atoms with Gasteiger partial charge in [0.25, 0.3) is 11.8 Å². The normalized spacial score (nSPS) is 10.5. The van der Waals surface area contributed by atoms with E-state index in [0.717, 1.165) is 20.5 Å². The van der Waals surface area contributed by atoms with Crippen molar-refractivity contribution >= 4 is 44.1 Å². The molecule has 4 nitrogen and oxygen atoms in total. The van der Waals surface area contributed by atoms with Crippen molar-refractivity contribution in [3.63, 3.8) is 0 Å². The van der Waals surface area contributed by atoms with E-state index in [1.165, 1.54) is 11.3 Å². The molecule has 6 heteroatoms. The molecule has 0 aliphatic carbocycles. The zero-order valence-corrected chi connectivity index (χ0v) is 16.5. The molecule has 0 spiro atoms. The van der Waals surface area contributed by atoms with Crippen molar-refractivity contribution in [2.75, 3.05) is 5.32 Å². The van der Waals surface area contributed by atoms with Crippen LogP contribution in [-0.2, 0) is 6.42 Å². The molecular weight excluding hydrogens is 412 g/mol. The van der Waals surface area contributed by atoms with E-state index in [1.54, 1.807) is 24.3 Å². The van der Waals surface area contributed by atoms with Crippen molar-refractivity contribution < 1.29 is 9.59 Å². The summed E-state index contributed by atoms with van der Waals surface area (Å²) in [6.45, 7) is 1.87. The molecule has 0 bridgehead atoms.